The molecule has 5 nitrogen and oxygen atoms in total. The molecule has 1 saturated heterocycles. The molecule has 1 amide bonds. The third-order valence-electron chi connectivity index (χ3n) is 5.02. The van der Waals surface area contributed by atoms with Crippen LogP contribution < -0.4 is 5.32 Å². The van der Waals surface area contributed by atoms with E-state index in [9.17, 15) is 13.6 Å². The van der Waals surface area contributed by atoms with Crippen LogP contribution in [0.5, 0.6) is 0 Å². The van der Waals surface area contributed by atoms with Crippen LogP contribution in [-0.4, -0.2) is 53.6 Å². The maximum atomic E-state index is 12.9. The van der Waals surface area contributed by atoms with E-state index < -0.39 is 12.5 Å². The summed E-state index contributed by atoms with van der Waals surface area (Å²) in [5.74, 6) is -0.00890. The van der Waals surface area contributed by atoms with Gasteiger partial charge in [0.05, 0.1) is 13.2 Å². The third-order valence-corrected chi connectivity index (χ3v) is 5.02. The molecule has 2 fully saturated rings. The van der Waals surface area contributed by atoms with Crippen molar-refractivity contribution < 1.29 is 18.3 Å². The van der Waals surface area contributed by atoms with Gasteiger partial charge in [-0.25, -0.2) is 8.78 Å². The van der Waals surface area contributed by atoms with E-state index in [0.717, 1.165) is 35.9 Å². The van der Waals surface area contributed by atoms with Gasteiger partial charge in [-0.1, -0.05) is 18.2 Å². The van der Waals surface area contributed by atoms with Crippen molar-refractivity contribution in [2.75, 3.05) is 19.7 Å². The van der Waals surface area contributed by atoms with Crippen molar-refractivity contribution in [3.05, 3.63) is 36.0 Å². The quantitative estimate of drug-likeness (QED) is 0.857. The van der Waals surface area contributed by atoms with Crippen LogP contribution in [0.1, 0.15) is 18.4 Å². The molecule has 2 aromatic rings. The van der Waals surface area contributed by atoms with Crippen molar-refractivity contribution in [1.82, 2.24) is 14.8 Å². The molecule has 1 saturated carbocycles. The molecule has 1 atom stereocenters. The zero-order chi connectivity index (χ0) is 18.1. The number of hydrogen-bond donors (Lipinski definition) is 1. The van der Waals surface area contributed by atoms with E-state index in [2.05, 4.69) is 5.32 Å². The summed E-state index contributed by atoms with van der Waals surface area (Å²) in [5.41, 5.74) is 1.69. The SMILES string of the molecule is O=C(C1CNCCO1)N(Cc1cn(CC(F)F)c2ccccc12)C1CC1. The Morgan fingerprint density at radius 3 is 2.85 bits per heavy atom. The van der Waals surface area contributed by atoms with E-state index in [1.165, 1.54) is 0 Å². The number of hydrogen-bond acceptors (Lipinski definition) is 3. The molecule has 1 aromatic heterocycles. The van der Waals surface area contributed by atoms with Gasteiger partial charge in [-0.05, 0) is 24.5 Å². The molecule has 1 aromatic carbocycles. The summed E-state index contributed by atoms with van der Waals surface area (Å²) in [6, 6.07) is 7.75. The highest BCUT2D eigenvalue weighted by molar-refractivity contribution is 5.86. The maximum absolute atomic E-state index is 12.9. The molecule has 0 bridgehead atoms. The molecule has 2 heterocycles. The molecular formula is C19H23F2N3O2. The topological polar surface area (TPSA) is 46.5 Å². The predicted molar refractivity (Wildman–Crippen MR) is 94.1 cm³/mol. The van der Waals surface area contributed by atoms with Crippen molar-refractivity contribution >= 4 is 16.8 Å². The number of nitrogens with one attached hydrogen (secondary N) is 1. The molecule has 2 aliphatic rings. The summed E-state index contributed by atoms with van der Waals surface area (Å²) >= 11 is 0. The van der Waals surface area contributed by atoms with Crippen molar-refractivity contribution in [2.24, 2.45) is 0 Å². The Hall–Kier alpha value is -1.99. The Bertz CT molecular complexity index is 782. The highest BCUT2D eigenvalue weighted by atomic mass is 19.3. The van der Waals surface area contributed by atoms with Crippen LogP contribution in [0.4, 0.5) is 8.78 Å². The van der Waals surface area contributed by atoms with Crippen LogP contribution in [0.25, 0.3) is 10.9 Å². The van der Waals surface area contributed by atoms with Gasteiger partial charge in [-0.3, -0.25) is 4.79 Å². The minimum Gasteiger partial charge on any atom is -0.366 e. The first-order valence-electron chi connectivity index (χ1n) is 9.11. The van der Waals surface area contributed by atoms with E-state index in [-0.39, 0.29) is 18.5 Å². The van der Waals surface area contributed by atoms with Crippen LogP contribution >= 0.6 is 0 Å². The number of alkyl halides is 2. The fourth-order valence-corrected chi connectivity index (χ4v) is 3.61. The lowest BCUT2D eigenvalue weighted by Crippen LogP contribution is -2.49. The number of amides is 1. The van der Waals surface area contributed by atoms with Crippen molar-refractivity contribution in [1.29, 1.82) is 0 Å². The lowest BCUT2D eigenvalue weighted by Gasteiger charge is -2.30. The Morgan fingerprint density at radius 1 is 1.35 bits per heavy atom. The largest absolute Gasteiger partial charge is 0.366 e. The van der Waals surface area contributed by atoms with Gasteiger partial charge in [0.1, 0.15) is 6.10 Å². The van der Waals surface area contributed by atoms with Crippen LogP contribution in [0.15, 0.2) is 30.5 Å². The average molecular weight is 363 g/mol. The number of carbonyl (C=O) groups is 1. The van der Waals surface area contributed by atoms with E-state index in [0.29, 0.717) is 19.7 Å². The standard InChI is InChI=1S/C19H23F2N3O2/c20-18(21)12-23-10-13(15-3-1-2-4-16(15)23)11-24(14-5-6-14)19(25)17-9-22-7-8-26-17/h1-4,10,14,17-18,22H,5-9,11-12H2. The minimum absolute atomic E-state index is 0.00890. The fraction of sp³-hybridized carbons (Fsp3) is 0.526. The van der Waals surface area contributed by atoms with Gasteiger partial charge in [0.25, 0.3) is 12.3 Å². The number of aromatic nitrogens is 1. The first kappa shape index (κ1) is 17.4. The van der Waals surface area contributed by atoms with Crippen molar-refractivity contribution in [2.45, 2.75) is 44.5 Å². The van der Waals surface area contributed by atoms with Crippen molar-refractivity contribution in [3.8, 4) is 0 Å². The van der Waals surface area contributed by atoms with Gasteiger partial charge in [0, 0.05) is 42.8 Å². The molecule has 1 aliphatic carbocycles. The average Bonchev–Trinajstić information content (AvgIpc) is 3.44. The normalized spacial score (nSPS) is 20.7. The second kappa shape index (κ2) is 7.32. The number of carbonyl (C=O) groups excluding carboxylic acids is 1. The highest BCUT2D eigenvalue weighted by Crippen LogP contribution is 2.32. The van der Waals surface area contributed by atoms with Gasteiger partial charge in [0.2, 0.25) is 0 Å². The Labute approximate surface area is 150 Å². The molecule has 26 heavy (non-hydrogen) atoms. The van der Waals surface area contributed by atoms with Crippen LogP contribution in [-0.2, 0) is 22.6 Å². The Kier molecular flexibility index (Phi) is 4.91. The third kappa shape index (κ3) is 3.59. The molecule has 7 heteroatoms. The zero-order valence-electron chi connectivity index (χ0n) is 14.5. The molecule has 1 N–H and O–H groups in total. The van der Waals surface area contributed by atoms with E-state index in [1.54, 1.807) is 10.8 Å². The maximum Gasteiger partial charge on any atom is 0.256 e. The molecule has 0 radical (unpaired) electrons. The number of fused-ring (bicyclic) bond motifs is 1. The van der Waals surface area contributed by atoms with Gasteiger partial charge in [-0.15, -0.1) is 0 Å². The number of rotatable bonds is 6. The fourth-order valence-electron chi connectivity index (χ4n) is 3.61. The van der Waals surface area contributed by atoms with E-state index >= 15 is 0 Å². The van der Waals surface area contributed by atoms with Gasteiger partial charge >= 0.3 is 0 Å². The molecule has 0 spiro atoms. The summed E-state index contributed by atoms with van der Waals surface area (Å²) in [6.07, 6.45) is 0.864. The smallest absolute Gasteiger partial charge is 0.256 e. The Balaban J connectivity index is 1.60. The summed E-state index contributed by atoms with van der Waals surface area (Å²) in [4.78, 5) is 14.8. The molecular weight excluding hydrogens is 340 g/mol. The van der Waals surface area contributed by atoms with E-state index in [1.807, 2.05) is 29.2 Å². The molecule has 4 rings (SSSR count). The minimum atomic E-state index is -2.42. The first-order chi connectivity index (χ1) is 12.6. The number of nitrogens with zero attached hydrogens (tertiary/aromatic N) is 2. The van der Waals surface area contributed by atoms with Crippen LogP contribution in [0, 0.1) is 0 Å². The lowest BCUT2D eigenvalue weighted by atomic mass is 10.1. The van der Waals surface area contributed by atoms with Gasteiger partial charge in [0.15, 0.2) is 0 Å². The van der Waals surface area contributed by atoms with E-state index in [4.69, 9.17) is 4.74 Å². The lowest BCUT2D eigenvalue weighted by molar-refractivity contribution is -0.146. The second-order valence-electron chi connectivity index (χ2n) is 6.98. The zero-order valence-corrected chi connectivity index (χ0v) is 14.5. The highest BCUT2D eigenvalue weighted by Gasteiger charge is 2.37. The molecule has 1 unspecified atom stereocenters. The summed E-state index contributed by atoms with van der Waals surface area (Å²) < 4.78 is 33.1. The predicted octanol–water partition coefficient (Wildman–Crippen LogP) is 2.39. The van der Waals surface area contributed by atoms with Crippen molar-refractivity contribution in [3.63, 3.8) is 0 Å². The Morgan fingerprint density at radius 2 is 2.15 bits per heavy atom. The summed E-state index contributed by atoms with van der Waals surface area (Å²) in [5, 5.41) is 4.11. The number of benzene rings is 1. The first-order valence-corrected chi connectivity index (χ1v) is 9.11. The number of morpholine rings is 1. The monoisotopic (exact) mass is 363 g/mol. The van der Waals surface area contributed by atoms with Gasteiger partial charge < -0.3 is 19.5 Å². The molecule has 140 valence electrons. The molecule has 1 aliphatic heterocycles. The van der Waals surface area contributed by atoms with Gasteiger partial charge in [-0.2, -0.15) is 0 Å². The summed E-state index contributed by atoms with van der Waals surface area (Å²) in [6.45, 7) is 1.90. The number of halogens is 2. The summed E-state index contributed by atoms with van der Waals surface area (Å²) in [7, 11) is 0. The second-order valence-corrected chi connectivity index (χ2v) is 6.98. The van der Waals surface area contributed by atoms with Crippen LogP contribution in [0.3, 0.4) is 0 Å². The van der Waals surface area contributed by atoms with Crippen LogP contribution in [0.2, 0.25) is 0 Å². The number of ether oxygens (including phenoxy) is 1. The number of para-hydroxylation sites is 1.